The summed E-state index contributed by atoms with van der Waals surface area (Å²) in [6.45, 7) is 0.268. The lowest BCUT2D eigenvalue weighted by molar-refractivity contribution is 0.317. The quantitative estimate of drug-likeness (QED) is 0.578. The van der Waals surface area contributed by atoms with Crippen LogP contribution in [0.25, 0.3) is 16.8 Å². The molecule has 0 spiro atoms. The van der Waals surface area contributed by atoms with Gasteiger partial charge in [-0.25, -0.2) is 0 Å². The van der Waals surface area contributed by atoms with Crippen molar-refractivity contribution in [1.29, 1.82) is 0 Å². The zero-order valence-corrected chi connectivity index (χ0v) is 13.8. The Kier molecular flexibility index (Phi) is 4.10. The van der Waals surface area contributed by atoms with Crippen LogP contribution in [0.4, 0.5) is 0 Å². The number of aromatic nitrogens is 4. The number of pyridine rings is 1. The average Bonchev–Trinajstić information content (AvgIpc) is 3.10. The average molecular weight is 348 g/mol. The molecule has 0 radical (unpaired) electrons. The minimum absolute atomic E-state index is 0.180. The van der Waals surface area contributed by atoms with Gasteiger partial charge in [-0.3, -0.25) is 9.78 Å². The number of aromatic hydroxyl groups is 1. The highest BCUT2D eigenvalue weighted by Gasteiger charge is 2.16. The summed E-state index contributed by atoms with van der Waals surface area (Å²) in [5, 5.41) is 14.7. The normalized spacial score (nSPS) is 10.9. The summed E-state index contributed by atoms with van der Waals surface area (Å²) in [7, 11) is 0. The van der Waals surface area contributed by atoms with Crippen LogP contribution in [0.3, 0.4) is 0 Å². The standard InChI is InChI=1S/C19H16N4O3/c24-18-15(8-11-26-14-4-2-1-3-5-14)19(25)23-17(22-18)16(12-21-23)13-6-9-20-10-7-13/h1-7,9-10,12,25H,8,11H2,(H,22,24). The van der Waals surface area contributed by atoms with Crippen LogP contribution >= 0.6 is 0 Å². The van der Waals surface area contributed by atoms with E-state index in [9.17, 15) is 9.90 Å². The van der Waals surface area contributed by atoms with E-state index in [-0.39, 0.29) is 30.0 Å². The summed E-state index contributed by atoms with van der Waals surface area (Å²) in [5.74, 6) is 0.532. The Labute approximate surface area is 148 Å². The predicted octanol–water partition coefficient (Wildman–Crippen LogP) is 2.41. The summed E-state index contributed by atoms with van der Waals surface area (Å²) in [4.78, 5) is 19.2. The molecular formula is C19H16N4O3. The van der Waals surface area contributed by atoms with Crippen LogP contribution in [0.2, 0.25) is 0 Å². The Bertz CT molecular complexity index is 1090. The minimum Gasteiger partial charge on any atom is -0.493 e. The molecule has 7 heteroatoms. The molecule has 4 aromatic rings. The Hall–Kier alpha value is -3.61. The summed E-state index contributed by atoms with van der Waals surface area (Å²) in [5.41, 5.74) is 1.88. The molecule has 0 unspecified atom stereocenters. The molecule has 3 aromatic heterocycles. The van der Waals surface area contributed by atoms with Crippen LogP contribution in [-0.4, -0.2) is 31.3 Å². The van der Waals surface area contributed by atoms with Crippen molar-refractivity contribution in [2.24, 2.45) is 0 Å². The van der Waals surface area contributed by atoms with E-state index in [2.05, 4.69) is 15.1 Å². The van der Waals surface area contributed by atoms with Gasteiger partial charge in [-0.05, 0) is 29.8 Å². The van der Waals surface area contributed by atoms with Crippen molar-refractivity contribution in [1.82, 2.24) is 19.6 Å². The third-order valence-electron chi connectivity index (χ3n) is 4.10. The first-order valence-corrected chi connectivity index (χ1v) is 8.14. The van der Waals surface area contributed by atoms with E-state index in [0.29, 0.717) is 17.0 Å². The summed E-state index contributed by atoms with van der Waals surface area (Å²) in [6.07, 6.45) is 5.18. The first-order valence-electron chi connectivity index (χ1n) is 8.14. The Morgan fingerprint density at radius 1 is 1.12 bits per heavy atom. The van der Waals surface area contributed by atoms with Crippen LogP contribution in [0.15, 0.2) is 65.8 Å². The third kappa shape index (κ3) is 2.90. The van der Waals surface area contributed by atoms with Gasteiger partial charge in [0.15, 0.2) is 0 Å². The van der Waals surface area contributed by atoms with Crippen LogP contribution < -0.4 is 10.3 Å². The maximum Gasteiger partial charge on any atom is 0.258 e. The predicted molar refractivity (Wildman–Crippen MR) is 96.3 cm³/mol. The zero-order chi connectivity index (χ0) is 17.9. The number of hydrogen-bond acceptors (Lipinski definition) is 5. The number of fused-ring (bicyclic) bond motifs is 1. The van der Waals surface area contributed by atoms with Crippen molar-refractivity contribution in [3.63, 3.8) is 0 Å². The molecule has 3 heterocycles. The Morgan fingerprint density at radius 2 is 1.88 bits per heavy atom. The largest absolute Gasteiger partial charge is 0.493 e. The highest BCUT2D eigenvalue weighted by molar-refractivity contribution is 5.77. The number of nitrogens with one attached hydrogen (secondary N) is 1. The topological polar surface area (TPSA) is 92.5 Å². The highest BCUT2D eigenvalue weighted by Crippen LogP contribution is 2.25. The zero-order valence-electron chi connectivity index (χ0n) is 13.8. The Morgan fingerprint density at radius 3 is 2.65 bits per heavy atom. The van der Waals surface area contributed by atoms with Crippen LogP contribution in [0.1, 0.15) is 5.56 Å². The lowest BCUT2D eigenvalue weighted by Gasteiger charge is -2.08. The van der Waals surface area contributed by atoms with Gasteiger partial charge in [0.1, 0.15) is 11.4 Å². The summed E-state index contributed by atoms with van der Waals surface area (Å²) < 4.78 is 6.93. The van der Waals surface area contributed by atoms with E-state index in [0.717, 1.165) is 5.56 Å². The van der Waals surface area contributed by atoms with E-state index in [1.807, 2.05) is 42.5 Å². The molecule has 0 saturated carbocycles. The monoisotopic (exact) mass is 348 g/mol. The number of nitrogens with zero attached hydrogens (tertiary/aromatic N) is 3. The van der Waals surface area contributed by atoms with E-state index in [4.69, 9.17) is 4.74 Å². The molecule has 7 nitrogen and oxygen atoms in total. The van der Waals surface area contributed by atoms with Crippen molar-refractivity contribution in [2.75, 3.05) is 6.61 Å². The van der Waals surface area contributed by atoms with Gasteiger partial charge in [-0.15, -0.1) is 0 Å². The van der Waals surface area contributed by atoms with Gasteiger partial charge >= 0.3 is 0 Å². The van der Waals surface area contributed by atoms with Crippen molar-refractivity contribution in [2.45, 2.75) is 6.42 Å². The van der Waals surface area contributed by atoms with Crippen molar-refractivity contribution in [3.8, 4) is 22.8 Å². The van der Waals surface area contributed by atoms with Gasteiger partial charge in [-0.2, -0.15) is 9.61 Å². The fraction of sp³-hybridized carbons (Fsp3) is 0.105. The molecule has 0 saturated heterocycles. The van der Waals surface area contributed by atoms with Crippen LogP contribution in [-0.2, 0) is 6.42 Å². The van der Waals surface area contributed by atoms with Gasteiger partial charge in [0.25, 0.3) is 5.56 Å². The fourth-order valence-corrected chi connectivity index (χ4v) is 2.80. The molecule has 0 bridgehead atoms. The van der Waals surface area contributed by atoms with E-state index >= 15 is 0 Å². The van der Waals surface area contributed by atoms with Crippen LogP contribution in [0.5, 0.6) is 11.6 Å². The first kappa shape index (κ1) is 15.9. The fourth-order valence-electron chi connectivity index (χ4n) is 2.80. The molecule has 130 valence electrons. The summed E-state index contributed by atoms with van der Waals surface area (Å²) >= 11 is 0. The van der Waals surface area contributed by atoms with Crippen molar-refractivity contribution < 1.29 is 9.84 Å². The van der Waals surface area contributed by atoms with Crippen molar-refractivity contribution >= 4 is 5.65 Å². The highest BCUT2D eigenvalue weighted by atomic mass is 16.5. The lowest BCUT2D eigenvalue weighted by atomic mass is 10.1. The number of rotatable bonds is 5. The van der Waals surface area contributed by atoms with Gasteiger partial charge in [-0.1, -0.05) is 18.2 Å². The smallest absolute Gasteiger partial charge is 0.258 e. The molecule has 4 rings (SSSR count). The molecule has 0 aliphatic carbocycles. The molecule has 0 atom stereocenters. The maximum atomic E-state index is 12.5. The summed E-state index contributed by atoms with van der Waals surface area (Å²) in [6, 6.07) is 12.9. The molecule has 0 amide bonds. The minimum atomic E-state index is -0.359. The second kappa shape index (κ2) is 6.72. The number of benzene rings is 1. The Balaban J connectivity index is 1.64. The third-order valence-corrected chi connectivity index (χ3v) is 4.10. The van der Waals surface area contributed by atoms with Gasteiger partial charge in [0.2, 0.25) is 5.88 Å². The molecule has 0 aliphatic heterocycles. The number of H-pyrrole nitrogens is 1. The second-order valence-corrected chi connectivity index (χ2v) is 5.72. The van der Waals surface area contributed by atoms with Crippen molar-refractivity contribution in [3.05, 3.63) is 77.0 Å². The lowest BCUT2D eigenvalue weighted by Crippen LogP contribution is -2.18. The number of para-hydroxylation sites is 1. The number of hydrogen-bond donors (Lipinski definition) is 2. The second-order valence-electron chi connectivity index (χ2n) is 5.72. The van der Waals surface area contributed by atoms with E-state index < -0.39 is 0 Å². The molecule has 1 aromatic carbocycles. The van der Waals surface area contributed by atoms with Gasteiger partial charge in [0, 0.05) is 24.4 Å². The first-order chi connectivity index (χ1) is 12.7. The maximum absolute atomic E-state index is 12.5. The molecule has 2 N–H and O–H groups in total. The number of aromatic amines is 1. The van der Waals surface area contributed by atoms with E-state index in [1.165, 1.54) is 4.52 Å². The van der Waals surface area contributed by atoms with Crippen LogP contribution in [0, 0.1) is 0 Å². The molecule has 0 aliphatic rings. The molecule has 26 heavy (non-hydrogen) atoms. The van der Waals surface area contributed by atoms with E-state index in [1.54, 1.807) is 18.6 Å². The number of ether oxygens (including phenoxy) is 1. The molecule has 0 fully saturated rings. The molecular weight excluding hydrogens is 332 g/mol. The van der Waals surface area contributed by atoms with Gasteiger partial charge < -0.3 is 14.8 Å². The van der Waals surface area contributed by atoms with Gasteiger partial charge in [0.05, 0.1) is 18.4 Å². The SMILES string of the molecule is O=c1[nH]c2c(-c3ccncc3)cnn2c(O)c1CCOc1ccccc1.